The van der Waals surface area contributed by atoms with E-state index in [1.54, 1.807) is 0 Å². The Bertz CT molecular complexity index is 893. The summed E-state index contributed by atoms with van der Waals surface area (Å²) in [6, 6.07) is 0. The van der Waals surface area contributed by atoms with E-state index in [1.165, 1.54) is 0 Å². The Balaban J connectivity index is 5.72. The van der Waals surface area contributed by atoms with Crippen LogP contribution in [0.15, 0.2) is 12.2 Å². The van der Waals surface area contributed by atoms with Crippen molar-refractivity contribution in [2.24, 2.45) is 38.2 Å². The molecule has 0 radical (unpaired) electrons. The zero-order chi connectivity index (χ0) is 32.6. The van der Waals surface area contributed by atoms with Crippen molar-refractivity contribution in [2.45, 2.75) is 128 Å². The zero-order valence-electron chi connectivity index (χ0n) is 28.6. The summed E-state index contributed by atoms with van der Waals surface area (Å²) in [5.41, 5.74) is 4.52. The number of esters is 1. The summed E-state index contributed by atoms with van der Waals surface area (Å²) in [4.78, 5) is 23.2. The van der Waals surface area contributed by atoms with Crippen molar-refractivity contribution in [3.8, 4) is 0 Å². The molecule has 0 saturated heterocycles. The van der Waals surface area contributed by atoms with Gasteiger partial charge in [-0.1, -0.05) is 95.2 Å². The quantitative estimate of drug-likeness (QED) is 0.0777. The van der Waals surface area contributed by atoms with Gasteiger partial charge in [-0.25, -0.2) is 4.57 Å². The molecule has 0 saturated carbocycles. The topological polar surface area (TPSA) is 128 Å². The lowest BCUT2D eigenvalue weighted by atomic mass is 9.57. The highest BCUT2D eigenvalue weighted by Crippen LogP contribution is 2.53. The molecule has 0 spiro atoms. The molecular weight excluding hydrogens is 541 g/mol. The first-order chi connectivity index (χ1) is 18.4. The third-order valence-corrected chi connectivity index (χ3v) is 10.6. The Morgan fingerprint density at radius 1 is 0.902 bits per heavy atom. The Labute approximate surface area is 251 Å². The maximum absolute atomic E-state index is 13.4. The van der Waals surface area contributed by atoms with Gasteiger partial charge in [-0.3, -0.25) is 13.8 Å². The summed E-state index contributed by atoms with van der Waals surface area (Å²) in [6.45, 7) is 27.8. The molecule has 0 aromatic carbocycles. The van der Waals surface area contributed by atoms with Crippen LogP contribution in [0.5, 0.6) is 0 Å². The van der Waals surface area contributed by atoms with Crippen LogP contribution in [0.3, 0.4) is 0 Å². The smallest absolute Gasteiger partial charge is 0.457 e. The van der Waals surface area contributed by atoms with Gasteiger partial charge in [0.15, 0.2) is 0 Å². The second-order valence-electron chi connectivity index (χ2n) is 15.4. The molecule has 0 heterocycles. The Morgan fingerprint density at radius 3 is 1.90 bits per heavy atom. The van der Waals surface area contributed by atoms with Gasteiger partial charge in [0.2, 0.25) is 0 Å². The first kappa shape index (κ1) is 40.2. The van der Waals surface area contributed by atoms with Gasteiger partial charge in [-0.15, -0.1) is 0 Å². The second-order valence-corrected chi connectivity index (χ2v) is 16.9. The van der Waals surface area contributed by atoms with Crippen LogP contribution in [0.4, 0.5) is 0 Å². The van der Waals surface area contributed by atoms with Crippen LogP contribution in [-0.4, -0.2) is 48.4 Å². The first-order valence-corrected chi connectivity index (χ1v) is 16.7. The van der Waals surface area contributed by atoms with Crippen LogP contribution in [0, 0.1) is 32.5 Å². The van der Waals surface area contributed by atoms with Crippen molar-refractivity contribution in [1.29, 1.82) is 0 Å². The van der Waals surface area contributed by atoms with Gasteiger partial charge in [0.05, 0.1) is 25.2 Å². The molecule has 0 bridgehead atoms. The Kier molecular flexibility index (Phi) is 15.0. The Hall–Kier alpha value is -0.760. The summed E-state index contributed by atoms with van der Waals surface area (Å²) in [7, 11) is -4.36. The molecular formula is C32H64NO7P. The third kappa shape index (κ3) is 12.4. The van der Waals surface area contributed by atoms with Gasteiger partial charge in [0.25, 0.3) is 0 Å². The van der Waals surface area contributed by atoms with Gasteiger partial charge in [0.1, 0.15) is 6.10 Å². The van der Waals surface area contributed by atoms with E-state index in [4.69, 9.17) is 19.5 Å². The van der Waals surface area contributed by atoms with Gasteiger partial charge in [0, 0.05) is 6.54 Å². The number of nitrogens with two attached hydrogens (primary N) is 1. The number of hydrogen-bond acceptors (Lipinski definition) is 7. The summed E-state index contributed by atoms with van der Waals surface area (Å²) < 4.78 is 27.2. The van der Waals surface area contributed by atoms with Crippen LogP contribution in [0.1, 0.15) is 122 Å². The molecule has 0 fully saturated rings. The molecule has 8 nitrogen and oxygen atoms in total. The van der Waals surface area contributed by atoms with Crippen molar-refractivity contribution in [3.05, 3.63) is 12.2 Å². The van der Waals surface area contributed by atoms with Crippen LogP contribution < -0.4 is 5.73 Å². The molecule has 0 aliphatic carbocycles. The average Bonchev–Trinajstić information content (AvgIpc) is 2.82. The fraction of sp³-hybridized carbons (Fsp3) is 0.906. The van der Waals surface area contributed by atoms with Crippen molar-refractivity contribution in [2.75, 3.05) is 26.4 Å². The number of allylic oxidation sites excluding steroid dienone is 2. The predicted octanol–water partition coefficient (Wildman–Crippen LogP) is 7.67. The van der Waals surface area contributed by atoms with E-state index in [0.29, 0.717) is 12.8 Å². The number of phosphoric acid groups is 1. The largest absolute Gasteiger partial charge is 0.472 e. The van der Waals surface area contributed by atoms with Crippen LogP contribution >= 0.6 is 7.82 Å². The highest BCUT2D eigenvalue weighted by Gasteiger charge is 2.47. The summed E-state index contributed by atoms with van der Waals surface area (Å²) in [5, 5.41) is 9.77. The van der Waals surface area contributed by atoms with Gasteiger partial charge < -0.3 is 20.5 Å². The molecule has 0 aliphatic rings. The minimum atomic E-state index is -4.36. The van der Waals surface area contributed by atoms with Gasteiger partial charge >= 0.3 is 13.8 Å². The molecule has 4 unspecified atom stereocenters. The van der Waals surface area contributed by atoms with E-state index in [-0.39, 0.29) is 40.2 Å². The monoisotopic (exact) mass is 605 g/mol. The summed E-state index contributed by atoms with van der Waals surface area (Å²) in [5.74, 6) is -0.467. The SMILES string of the molecule is CCC(C)(CC(C)(C)C(C)(CC)C/C=C\C(C)(C)C(C)(C)CC(C)(C)C)C(=O)OC(CO)COP(=O)(O)OCCN. The third-order valence-electron chi connectivity index (χ3n) is 9.61. The minimum absolute atomic E-state index is 0.01000. The number of carbonyl (C=O) groups excluding carboxylic acids is 1. The lowest BCUT2D eigenvalue weighted by Crippen LogP contribution is -2.43. The highest BCUT2D eigenvalue weighted by atomic mass is 31.2. The maximum atomic E-state index is 13.4. The number of aliphatic hydroxyl groups excluding tert-OH is 1. The molecule has 0 amide bonds. The lowest BCUT2D eigenvalue weighted by Gasteiger charge is -2.48. The average molecular weight is 606 g/mol. The fourth-order valence-corrected chi connectivity index (χ4v) is 6.39. The van der Waals surface area contributed by atoms with Crippen molar-refractivity contribution >= 4 is 13.8 Å². The van der Waals surface area contributed by atoms with Gasteiger partial charge in [-0.05, 0) is 66.1 Å². The predicted molar refractivity (Wildman–Crippen MR) is 168 cm³/mol. The second kappa shape index (κ2) is 15.3. The maximum Gasteiger partial charge on any atom is 0.472 e. The number of aliphatic hydroxyl groups is 1. The number of carbonyl (C=O) groups is 1. The molecule has 0 rings (SSSR count). The lowest BCUT2D eigenvalue weighted by molar-refractivity contribution is -0.168. The van der Waals surface area contributed by atoms with Crippen molar-refractivity contribution < 1.29 is 33.1 Å². The number of hydrogen-bond donors (Lipinski definition) is 3. The molecule has 0 aliphatic heterocycles. The molecule has 244 valence electrons. The van der Waals surface area contributed by atoms with E-state index in [9.17, 15) is 19.4 Å². The van der Waals surface area contributed by atoms with Crippen LogP contribution in [0.25, 0.3) is 0 Å². The Morgan fingerprint density at radius 2 is 1.46 bits per heavy atom. The van der Waals surface area contributed by atoms with E-state index < -0.39 is 38.5 Å². The van der Waals surface area contributed by atoms with E-state index in [0.717, 1.165) is 19.3 Å². The molecule has 0 aromatic rings. The standard InChI is InChI=1S/C32H64NO7P/c1-14-31(12,26(35)40-25(21-34)22-39-41(36,37)38-20-19-33)24-30(10,11)32(13,15-2)18-16-17-28(6,7)29(8,9)23-27(3,4)5/h16-17,25,34H,14-15,18-24,33H2,1-13H3,(H,36,37)/b17-16-. The molecule has 4 atom stereocenters. The summed E-state index contributed by atoms with van der Waals surface area (Å²) >= 11 is 0. The van der Waals surface area contributed by atoms with E-state index in [2.05, 4.69) is 88.3 Å². The van der Waals surface area contributed by atoms with Crippen molar-refractivity contribution in [1.82, 2.24) is 0 Å². The normalized spacial score (nSPS) is 18.9. The first-order valence-electron chi connectivity index (χ1n) is 15.2. The fourth-order valence-electron chi connectivity index (χ4n) is 5.62. The number of ether oxygens (including phenoxy) is 1. The number of rotatable bonds is 19. The van der Waals surface area contributed by atoms with E-state index in [1.807, 2.05) is 13.8 Å². The molecule has 4 N–H and O–H groups in total. The van der Waals surface area contributed by atoms with Crippen LogP contribution in [0.2, 0.25) is 0 Å². The van der Waals surface area contributed by atoms with E-state index >= 15 is 0 Å². The minimum Gasteiger partial charge on any atom is -0.457 e. The number of phosphoric ester groups is 1. The van der Waals surface area contributed by atoms with Gasteiger partial charge in [-0.2, -0.15) is 0 Å². The molecule has 9 heteroatoms. The highest BCUT2D eigenvalue weighted by molar-refractivity contribution is 7.47. The van der Waals surface area contributed by atoms with Crippen LogP contribution in [-0.2, 0) is 23.1 Å². The molecule has 41 heavy (non-hydrogen) atoms. The van der Waals surface area contributed by atoms with Crippen molar-refractivity contribution in [3.63, 3.8) is 0 Å². The summed E-state index contributed by atoms with van der Waals surface area (Å²) in [6.07, 6.45) is 7.64. The molecule has 0 aromatic heterocycles. The zero-order valence-corrected chi connectivity index (χ0v) is 29.5.